The number of nitrogens with two attached hydrogens (primary N) is 4. The van der Waals surface area contributed by atoms with Crippen LogP contribution in [0.4, 0.5) is 17.6 Å². The van der Waals surface area contributed by atoms with Gasteiger partial charge in [0, 0.05) is 54.4 Å². The summed E-state index contributed by atoms with van der Waals surface area (Å²) in [4.78, 5) is 103. The number of fused-ring (bicyclic) bond motifs is 2. The van der Waals surface area contributed by atoms with Gasteiger partial charge in [0.15, 0.2) is 11.4 Å². The molecule has 104 heavy (non-hydrogen) atoms. The van der Waals surface area contributed by atoms with Crippen LogP contribution in [0.25, 0.3) is 21.8 Å². The molecule has 2 heterocycles. The molecule has 0 atom stereocenters. The first-order chi connectivity index (χ1) is 48.5. The standard InChI is InChI=1S/C22H23ClFN5O3.C13H17ClFNO.C10H9Cl2FO.C10H9N3O3.C7H7ClFN.C3H9N.C2H2Cl2O.CH2O3.2K.H/c1-2-10-28(12-18(30)26-11-14-6-5-8-16(23)20(14)24)19(31)13-29-17-9-4-3-7-15(17)21(27-29)22(25)32;1-2-8-16-9-11(17)7-6-10-4-3-5-12(14)13(10)15;11-6-8(14)5-4-7-2-1-3-9(12)10(7)13;11-10(16)9-6-3-1-2-4-7(6)13(12-9)5-8(14)15;8-6-3-1-2-5(4-10)7(6)9;1-2-3-4;3-1-2(4)5;2-1-4-3;;;/h3-9H,2,10-13H2,1H3,(H2,25,32)(H,26,30);3-5,16H,2,6-9H2,1H3;1-3H,4-6H2;1-4H,5H2,(H2,11,16)(H,14,15);1-3H,4,10H2;2-4H2,1H3;1H2;1,3H;;;/q;;;;;;;;2*+1;-1/p-1. The van der Waals surface area contributed by atoms with Gasteiger partial charge >= 0.3 is 109 Å². The average molecular weight is 1640 g/mol. The minimum Gasteiger partial charge on any atom is -1.00 e. The van der Waals surface area contributed by atoms with E-state index >= 15 is 0 Å². The summed E-state index contributed by atoms with van der Waals surface area (Å²) in [6.45, 7) is 7.63. The number of rotatable bonds is 27. The number of benzene rings is 6. The molecule has 0 aliphatic rings. The molecule has 0 fully saturated rings. The maximum Gasteiger partial charge on any atom is 1.00 e. The smallest absolute Gasteiger partial charge is 1.00 e. The summed E-state index contributed by atoms with van der Waals surface area (Å²) >= 11 is 37.3. The molecule has 36 heteroatoms. The zero-order valence-electron chi connectivity index (χ0n) is 58.5. The van der Waals surface area contributed by atoms with Crippen LogP contribution in [0.15, 0.2) is 121 Å². The Labute approximate surface area is 720 Å². The number of alkyl halides is 2. The summed E-state index contributed by atoms with van der Waals surface area (Å²) in [6, 6.07) is 32.7. The van der Waals surface area contributed by atoms with Gasteiger partial charge in [-0.2, -0.15) is 10.2 Å². The Morgan fingerprint density at radius 1 is 0.606 bits per heavy atom. The number of para-hydroxylation sites is 2. The van der Waals surface area contributed by atoms with Crippen molar-refractivity contribution in [3.8, 4) is 0 Å². The predicted octanol–water partition coefficient (Wildman–Crippen LogP) is 4.74. The van der Waals surface area contributed by atoms with E-state index in [9.17, 15) is 55.9 Å². The molecule has 8 rings (SSSR count). The zero-order chi connectivity index (χ0) is 76.9. The Morgan fingerprint density at radius 2 is 1.00 bits per heavy atom. The molecule has 11 N–H and O–H groups in total. The van der Waals surface area contributed by atoms with Crippen LogP contribution in [0, 0.1) is 23.3 Å². The van der Waals surface area contributed by atoms with E-state index in [1.807, 2.05) is 13.8 Å². The number of amides is 4. The summed E-state index contributed by atoms with van der Waals surface area (Å²) in [5.74, 6) is -5.14. The number of aryl methyl sites for hydroxylation is 2. The molecule has 0 radical (unpaired) electrons. The van der Waals surface area contributed by atoms with Gasteiger partial charge in [0.05, 0.1) is 56.0 Å². The number of nitrogens with zero attached hydrogens (tertiary/aromatic N) is 5. The predicted molar refractivity (Wildman–Crippen MR) is 386 cm³/mol. The molecule has 0 bridgehead atoms. The fourth-order valence-electron chi connectivity index (χ4n) is 8.18. The second-order valence-electron chi connectivity index (χ2n) is 20.7. The van der Waals surface area contributed by atoms with Crippen molar-refractivity contribution in [3.63, 3.8) is 0 Å². The second-order valence-corrected chi connectivity index (χ2v) is 23.3. The van der Waals surface area contributed by atoms with Crippen molar-refractivity contribution < 1.29 is 180 Å². The first kappa shape index (κ1) is 101. The van der Waals surface area contributed by atoms with E-state index in [0.717, 1.165) is 25.9 Å². The average Bonchev–Trinajstić information content (AvgIpc) is 1.66. The number of hydrogen-bond acceptors (Lipinski definition) is 16. The van der Waals surface area contributed by atoms with Crippen LogP contribution in [0.1, 0.15) is 97.5 Å². The van der Waals surface area contributed by atoms with Crippen LogP contribution < -0.4 is 142 Å². The molecule has 556 valence electrons. The molecule has 0 spiro atoms. The quantitative estimate of drug-likeness (QED) is 0.00534. The Morgan fingerprint density at radius 3 is 1.37 bits per heavy atom. The summed E-state index contributed by atoms with van der Waals surface area (Å²) in [5.41, 5.74) is 23.8. The van der Waals surface area contributed by atoms with Gasteiger partial charge in [-0.1, -0.05) is 152 Å². The van der Waals surface area contributed by atoms with Crippen molar-refractivity contribution in [2.75, 3.05) is 44.5 Å². The molecule has 0 aliphatic heterocycles. The van der Waals surface area contributed by atoms with Crippen LogP contribution in [0.3, 0.4) is 0 Å². The molecule has 8 aromatic rings. The Bertz CT molecular complexity index is 4030. The number of Topliss-reactive ketones (excluding diaryl/α,β-unsaturated/α-hetero) is 2. The topological polar surface area (TPSA) is 373 Å². The Balaban J connectivity index is -0.00000123. The third kappa shape index (κ3) is 38.7. The summed E-state index contributed by atoms with van der Waals surface area (Å²) in [5, 5.41) is 31.7. The maximum absolute atomic E-state index is 14.0. The number of primary amides is 2. The zero-order valence-corrected chi connectivity index (χ0v) is 69.0. The third-order valence-corrected chi connectivity index (χ3v) is 15.0. The number of nitrogens with one attached hydrogen (secondary N) is 2. The summed E-state index contributed by atoms with van der Waals surface area (Å²) < 4.78 is 56.2. The molecule has 0 saturated carbocycles. The van der Waals surface area contributed by atoms with Crippen LogP contribution in [-0.4, -0.2) is 127 Å². The van der Waals surface area contributed by atoms with Gasteiger partial charge in [0.25, 0.3) is 18.3 Å². The van der Waals surface area contributed by atoms with Gasteiger partial charge in [0.1, 0.15) is 47.9 Å². The SMILES string of the molecule is CCCN.CCCN(CC(=O)NCc1cccc(Cl)c1F)C(=O)Cn1nc(C(N)=O)c2ccccc21.CCCNCC(=O)CCc1cccc(Cl)c1F.NC(=O)c1nn(CC(=O)O)c2ccccc12.NCc1cccc(Cl)c1F.O=C(CCl)CCc1cccc(Cl)c1F.O=C(Cl)CCl.O=CO[O-].[H-].[K+].[K+]. The number of hydrogen-bond donors (Lipinski definition) is 7. The van der Waals surface area contributed by atoms with Gasteiger partial charge in [0.2, 0.25) is 17.1 Å². The van der Waals surface area contributed by atoms with E-state index in [2.05, 4.69) is 32.6 Å². The largest absolute Gasteiger partial charge is 1.00 e. The fraction of sp³-hybridized carbons (Fsp3) is 0.309. The van der Waals surface area contributed by atoms with Gasteiger partial charge in [-0.15, -0.1) is 23.2 Å². The van der Waals surface area contributed by atoms with Gasteiger partial charge in [-0.05, 0) is 104 Å². The monoisotopic (exact) mass is 1640 g/mol. The molecule has 4 amide bonds. The molecular formula is C68H78Cl7F4K2N11O12. The van der Waals surface area contributed by atoms with E-state index < -0.39 is 52.2 Å². The number of carboxylic acids is 1. The van der Waals surface area contributed by atoms with Crippen molar-refractivity contribution in [2.24, 2.45) is 22.9 Å². The summed E-state index contributed by atoms with van der Waals surface area (Å²) in [7, 11) is 0. The first-order valence-corrected chi connectivity index (χ1v) is 33.7. The molecule has 0 aliphatic carbocycles. The number of carbonyl (C=O) groups excluding carboxylic acids is 8. The van der Waals surface area contributed by atoms with E-state index in [1.54, 1.807) is 91.0 Å². The van der Waals surface area contributed by atoms with Gasteiger partial charge in [-0.3, -0.25) is 52.5 Å². The molecule has 0 saturated heterocycles. The van der Waals surface area contributed by atoms with Crippen molar-refractivity contribution in [1.29, 1.82) is 0 Å². The number of halogens is 11. The maximum atomic E-state index is 14.0. The summed E-state index contributed by atoms with van der Waals surface area (Å²) in [6.07, 6.45) is 4.07. The molecule has 23 nitrogen and oxygen atoms in total. The van der Waals surface area contributed by atoms with Crippen LogP contribution >= 0.6 is 81.2 Å². The molecule has 6 aromatic carbocycles. The first-order valence-electron chi connectivity index (χ1n) is 30.7. The van der Waals surface area contributed by atoms with E-state index in [4.69, 9.17) is 119 Å². The van der Waals surface area contributed by atoms with Crippen molar-refractivity contribution in [2.45, 2.75) is 91.9 Å². The normalized spacial score (nSPS) is 9.86. The van der Waals surface area contributed by atoms with Crippen molar-refractivity contribution in [3.05, 3.63) is 198 Å². The van der Waals surface area contributed by atoms with Gasteiger partial charge < -0.3 is 55.1 Å². The number of aliphatic carboxylic acids is 1. The van der Waals surface area contributed by atoms with Crippen molar-refractivity contribution in [1.82, 2.24) is 35.1 Å². The number of carbonyl (C=O) groups is 9. The third-order valence-electron chi connectivity index (χ3n) is 13.0. The molecule has 2 aromatic heterocycles. The van der Waals surface area contributed by atoms with Crippen molar-refractivity contribution >= 4 is 156 Å². The number of aromatic nitrogens is 4. The number of carboxylic acid groups (broad SMARTS) is 1. The number of ketones is 2. The van der Waals surface area contributed by atoms with Crippen LogP contribution in [0.5, 0.6) is 0 Å². The van der Waals surface area contributed by atoms with E-state index in [0.29, 0.717) is 77.3 Å². The second kappa shape index (κ2) is 58.0. The van der Waals surface area contributed by atoms with Crippen LogP contribution in [-0.2, 0) is 77.5 Å². The fourth-order valence-corrected chi connectivity index (χ4v) is 9.09. The van der Waals surface area contributed by atoms with E-state index in [1.165, 1.54) is 44.6 Å². The Kier molecular flexibility index (Phi) is 56.4. The Hall–Kier alpha value is -5.05. The minimum absolute atomic E-state index is 0. The van der Waals surface area contributed by atoms with Crippen LogP contribution in [0.2, 0.25) is 20.1 Å². The minimum atomic E-state index is -1.02. The van der Waals surface area contributed by atoms with Gasteiger partial charge in [-0.25, -0.2) is 17.6 Å². The molecule has 0 unspecified atom stereocenters. The molecular weight excluding hydrogens is 1570 g/mol. The van der Waals surface area contributed by atoms with E-state index in [-0.39, 0.29) is 216 Å².